The van der Waals surface area contributed by atoms with E-state index in [1.165, 1.54) is 5.57 Å². The molecule has 0 amide bonds. The standard InChI is InChI=1S/C15H16N4O.C2H6/c16-12-1-3-13(4-2-12)20-15-14(18-9-10-19-15)11-5-7-17-8-6-11;1-2/h1-5,9-10,17H,6-8,16H2;1-2H3. The highest BCUT2D eigenvalue weighted by Gasteiger charge is 2.14. The molecule has 0 unspecified atom stereocenters. The number of hydrogen-bond acceptors (Lipinski definition) is 5. The number of anilines is 1. The van der Waals surface area contributed by atoms with Gasteiger partial charge in [0.05, 0.1) is 0 Å². The van der Waals surface area contributed by atoms with Gasteiger partial charge in [-0.25, -0.2) is 9.97 Å². The molecule has 22 heavy (non-hydrogen) atoms. The lowest BCUT2D eigenvalue weighted by atomic mass is 10.1. The van der Waals surface area contributed by atoms with Crippen LogP contribution in [-0.2, 0) is 0 Å². The molecule has 5 nitrogen and oxygen atoms in total. The molecule has 0 radical (unpaired) electrons. The van der Waals surface area contributed by atoms with Crippen LogP contribution in [0.4, 0.5) is 5.69 Å². The van der Waals surface area contributed by atoms with Gasteiger partial charge < -0.3 is 15.8 Å². The monoisotopic (exact) mass is 298 g/mol. The Morgan fingerprint density at radius 3 is 2.50 bits per heavy atom. The zero-order chi connectivity index (χ0) is 15.8. The highest BCUT2D eigenvalue weighted by Crippen LogP contribution is 2.28. The fraction of sp³-hybridized carbons (Fsp3) is 0.294. The summed E-state index contributed by atoms with van der Waals surface area (Å²) in [5, 5.41) is 3.28. The SMILES string of the molecule is CC.Nc1ccc(Oc2nccnc2C2=CCNCC2)cc1. The van der Waals surface area contributed by atoms with Crippen molar-refractivity contribution in [2.45, 2.75) is 20.3 Å². The molecule has 0 saturated heterocycles. The number of rotatable bonds is 3. The van der Waals surface area contributed by atoms with Gasteiger partial charge in [0.15, 0.2) is 0 Å². The first-order valence-corrected chi connectivity index (χ1v) is 7.57. The van der Waals surface area contributed by atoms with Crippen LogP contribution in [0, 0.1) is 0 Å². The molecule has 116 valence electrons. The normalized spacial score (nSPS) is 13.6. The van der Waals surface area contributed by atoms with Crippen LogP contribution in [0.1, 0.15) is 26.0 Å². The average molecular weight is 298 g/mol. The smallest absolute Gasteiger partial charge is 0.245 e. The third-order valence-electron chi connectivity index (χ3n) is 3.13. The third-order valence-corrected chi connectivity index (χ3v) is 3.13. The molecule has 5 heteroatoms. The van der Waals surface area contributed by atoms with Crippen molar-refractivity contribution in [3.63, 3.8) is 0 Å². The largest absolute Gasteiger partial charge is 0.437 e. The maximum Gasteiger partial charge on any atom is 0.245 e. The van der Waals surface area contributed by atoms with Crippen LogP contribution >= 0.6 is 0 Å². The molecule has 3 N–H and O–H groups in total. The van der Waals surface area contributed by atoms with Crippen molar-refractivity contribution in [1.29, 1.82) is 0 Å². The summed E-state index contributed by atoms with van der Waals surface area (Å²) in [7, 11) is 0. The van der Waals surface area contributed by atoms with E-state index < -0.39 is 0 Å². The zero-order valence-corrected chi connectivity index (χ0v) is 13.0. The number of nitrogen functional groups attached to an aromatic ring is 1. The second-order valence-electron chi connectivity index (χ2n) is 4.56. The van der Waals surface area contributed by atoms with E-state index in [-0.39, 0.29) is 0 Å². The second-order valence-corrected chi connectivity index (χ2v) is 4.56. The average Bonchev–Trinajstić information content (AvgIpc) is 2.60. The Balaban J connectivity index is 0.000000847. The molecule has 0 aliphatic carbocycles. The first-order chi connectivity index (χ1) is 10.8. The quantitative estimate of drug-likeness (QED) is 0.851. The van der Waals surface area contributed by atoms with E-state index in [0.29, 0.717) is 17.3 Å². The number of aromatic nitrogens is 2. The van der Waals surface area contributed by atoms with Crippen molar-refractivity contribution >= 4 is 11.3 Å². The van der Waals surface area contributed by atoms with Gasteiger partial charge in [-0.3, -0.25) is 0 Å². The minimum absolute atomic E-state index is 0.533. The molecule has 1 aromatic heterocycles. The van der Waals surface area contributed by atoms with Gasteiger partial charge in [-0.2, -0.15) is 0 Å². The lowest BCUT2D eigenvalue weighted by Gasteiger charge is -2.15. The molecule has 0 fully saturated rings. The summed E-state index contributed by atoms with van der Waals surface area (Å²) in [5.74, 6) is 1.24. The van der Waals surface area contributed by atoms with Gasteiger partial charge in [-0.05, 0) is 42.8 Å². The van der Waals surface area contributed by atoms with Crippen LogP contribution < -0.4 is 15.8 Å². The van der Waals surface area contributed by atoms with Gasteiger partial charge in [0.2, 0.25) is 5.88 Å². The molecule has 3 rings (SSSR count). The van der Waals surface area contributed by atoms with Gasteiger partial charge in [0.25, 0.3) is 0 Å². The summed E-state index contributed by atoms with van der Waals surface area (Å²) < 4.78 is 5.83. The van der Waals surface area contributed by atoms with E-state index in [2.05, 4.69) is 21.4 Å². The zero-order valence-electron chi connectivity index (χ0n) is 13.0. The molecule has 0 saturated carbocycles. The van der Waals surface area contributed by atoms with Gasteiger partial charge in [0.1, 0.15) is 11.4 Å². The van der Waals surface area contributed by atoms with Crippen LogP contribution in [-0.4, -0.2) is 23.1 Å². The third kappa shape index (κ3) is 4.05. The van der Waals surface area contributed by atoms with Crippen molar-refractivity contribution in [3.05, 3.63) is 48.4 Å². The summed E-state index contributed by atoms with van der Waals surface area (Å²) in [5.41, 5.74) is 8.35. The minimum Gasteiger partial charge on any atom is -0.437 e. The Kier molecular flexibility index (Phi) is 5.91. The van der Waals surface area contributed by atoms with Crippen molar-refractivity contribution < 1.29 is 4.74 Å². The Morgan fingerprint density at radius 1 is 1.09 bits per heavy atom. The number of nitrogens with two attached hydrogens (primary N) is 1. The fourth-order valence-electron chi connectivity index (χ4n) is 2.11. The fourth-order valence-corrected chi connectivity index (χ4v) is 2.11. The van der Waals surface area contributed by atoms with E-state index in [1.807, 2.05) is 26.0 Å². The van der Waals surface area contributed by atoms with E-state index in [4.69, 9.17) is 10.5 Å². The van der Waals surface area contributed by atoms with Gasteiger partial charge in [-0.1, -0.05) is 19.9 Å². The van der Waals surface area contributed by atoms with Gasteiger partial charge in [-0.15, -0.1) is 0 Å². The van der Waals surface area contributed by atoms with E-state index >= 15 is 0 Å². The van der Waals surface area contributed by atoms with Crippen LogP contribution in [0.25, 0.3) is 5.57 Å². The lowest BCUT2D eigenvalue weighted by molar-refractivity contribution is 0.457. The van der Waals surface area contributed by atoms with E-state index in [0.717, 1.165) is 25.2 Å². The molecular formula is C17H22N4O. The predicted octanol–water partition coefficient (Wildman–Crippen LogP) is 3.25. The minimum atomic E-state index is 0.533. The van der Waals surface area contributed by atoms with Crippen molar-refractivity contribution in [2.24, 2.45) is 0 Å². The summed E-state index contributed by atoms with van der Waals surface area (Å²) in [6.45, 7) is 5.80. The highest BCUT2D eigenvalue weighted by atomic mass is 16.5. The topological polar surface area (TPSA) is 73.1 Å². The maximum atomic E-state index is 5.83. The molecular weight excluding hydrogens is 276 g/mol. The predicted molar refractivity (Wildman–Crippen MR) is 89.8 cm³/mol. The van der Waals surface area contributed by atoms with E-state index in [1.54, 1.807) is 24.5 Å². The van der Waals surface area contributed by atoms with E-state index in [9.17, 15) is 0 Å². The van der Waals surface area contributed by atoms with Crippen LogP contribution in [0.2, 0.25) is 0 Å². The molecule has 0 spiro atoms. The van der Waals surface area contributed by atoms with Gasteiger partial charge in [0, 0.05) is 24.6 Å². The summed E-state index contributed by atoms with van der Waals surface area (Å²) >= 11 is 0. The highest BCUT2D eigenvalue weighted by molar-refractivity contribution is 5.67. The molecule has 0 atom stereocenters. The maximum absolute atomic E-state index is 5.83. The molecule has 2 heterocycles. The van der Waals surface area contributed by atoms with Crippen molar-refractivity contribution in [3.8, 4) is 11.6 Å². The Labute approximate surface area is 131 Å². The number of ether oxygens (including phenoxy) is 1. The summed E-state index contributed by atoms with van der Waals surface area (Å²) in [6.07, 6.45) is 6.38. The van der Waals surface area contributed by atoms with Crippen LogP contribution in [0.15, 0.2) is 42.7 Å². The number of nitrogens with zero attached hydrogens (tertiary/aromatic N) is 2. The Bertz CT molecular complexity index is 623. The van der Waals surface area contributed by atoms with Crippen molar-refractivity contribution in [1.82, 2.24) is 15.3 Å². The summed E-state index contributed by atoms with van der Waals surface area (Å²) in [6, 6.07) is 7.25. The number of nitrogens with one attached hydrogen (secondary N) is 1. The number of benzene rings is 1. The molecule has 0 bridgehead atoms. The molecule has 1 aliphatic heterocycles. The van der Waals surface area contributed by atoms with Crippen LogP contribution in [0.5, 0.6) is 11.6 Å². The van der Waals surface area contributed by atoms with Crippen LogP contribution in [0.3, 0.4) is 0 Å². The summed E-state index contributed by atoms with van der Waals surface area (Å²) in [4.78, 5) is 8.70. The second kappa shape index (κ2) is 8.14. The van der Waals surface area contributed by atoms with Gasteiger partial charge >= 0.3 is 0 Å². The molecule has 1 aliphatic rings. The first kappa shape index (κ1) is 16.0. The first-order valence-electron chi connectivity index (χ1n) is 7.57. The molecule has 1 aromatic carbocycles. The molecule has 2 aromatic rings. The Hall–Kier alpha value is -2.40. The lowest BCUT2D eigenvalue weighted by Crippen LogP contribution is -2.20. The Morgan fingerprint density at radius 2 is 1.82 bits per heavy atom. The van der Waals surface area contributed by atoms with Crippen molar-refractivity contribution in [2.75, 3.05) is 18.8 Å². The number of hydrogen-bond donors (Lipinski definition) is 2.